The van der Waals surface area contributed by atoms with Crippen LogP contribution in [0, 0.1) is 5.92 Å². The number of hydrogen-bond acceptors (Lipinski definition) is 24. The summed E-state index contributed by atoms with van der Waals surface area (Å²) < 4.78 is 49.0. The molecule has 3 aliphatic rings. The first kappa shape index (κ1) is 61.0. The molecule has 3 fully saturated rings. The molecule has 0 saturated carbocycles. The highest BCUT2D eigenvalue weighted by Crippen LogP contribution is 2.39. The van der Waals surface area contributed by atoms with Gasteiger partial charge in [-0.3, -0.25) is 9.13 Å². The molecule has 454 valence electrons. The van der Waals surface area contributed by atoms with E-state index in [1.165, 1.54) is 23.5 Å². The summed E-state index contributed by atoms with van der Waals surface area (Å²) >= 11 is 0. The Morgan fingerprint density at radius 2 is 0.818 bits per heavy atom. The summed E-state index contributed by atoms with van der Waals surface area (Å²) in [5.41, 5.74) is 15.2. The molecule has 0 radical (unpaired) electrons. The highest BCUT2D eigenvalue weighted by atomic mass is 16.7. The van der Waals surface area contributed by atoms with Gasteiger partial charge >= 0.3 is 29.8 Å². The maximum Gasteiger partial charge on any atom is 0.338 e. The number of imidazole rings is 2. The Morgan fingerprint density at radius 1 is 0.455 bits per heavy atom. The van der Waals surface area contributed by atoms with E-state index in [4.69, 9.17) is 54.5 Å². The number of nitrogen functional groups attached to an aromatic ring is 2. The van der Waals surface area contributed by atoms with Gasteiger partial charge in [0, 0.05) is 5.92 Å². The van der Waals surface area contributed by atoms with Crippen LogP contribution < -0.4 is 11.5 Å². The van der Waals surface area contributed by atoms with Crippen molar-refractivity contribution >= 4 is 63.8 Å². The molecule has 12 atom stereocenters. The van der Waals surface area contributed by atoms with Gasteiger partial charge in [0.15, 0.2) is 41.4 Å². The fraction of sp³-hybridized carbons (Fsp3) is 0.274. The number of carbonyl (C=O) groups is 5. The van der Waals surface area contributed by atoms with Gasteiger partial charge in [0.2, 0.25) is 0 Å². The van der Waals surface area contributed by atoms with Crippen LogP contribution in [-0.4, -0.2) is 159 Å². The first-order chi connectivity index (χ1) is 42.7. The second-order valence-corrected chi connectivity index (χ2v) is 20.3. The van der Waals surface area contributed by atoms with E-state index in [0.717, 1.165) is 0 Å². The van der Waals surface area contributed by atoms with E-state index < -0.39 is 104 Å². The van der Waals surface area contributed by atoms with E-state index in [0.29, 0.717) is 50.1 Å². The molecule has 0 aliphatic carbocycles. The first-order valence-electron chi connectivity index (χ1n) is 27.7. The minimum absolute atomic E-state index is 0.106. The summed E-state index contributed by atoms with van der Waals surface area (Å²) in [6.07, 6.45) is -3.80. The third-order valence-electron chi connectivity index (χ3n) is 14.6. The predicted molar refractivity (Wildman–Crippen MR) is 310 cm³/mol. The average Bonchev–Trinajstić information content (AvgIpc) is 1.86. The summed E-state index contributed by atoms with van der Waals surface area (Å²) in [6, 6.07) is 42.8. The lowest BCUT2D eigenvalue weighted by Gasteiger charge is -2.24. The second-order valence-electron chi connectivity index (χ2n) is 20.3. The van der Waals surface area contributed by atoms with E-state index in [9.17, 15) is 34.2 Å². The molecule has 88 heavy (non-hydrogen) atoms. The summed E-state index contributed by atoms with van der Waals surface area (Å²) in [5.74, 6) is -2.53. The number of aliphatic hydroxyl groups is 3. The van der Waals surface area contributed by atoms with Gasteiger partial charge in [0.1, 0.15) is 79.8 Å². The molecule has 7 heterocycles. The molecule has 3 unspecified atom stereocenters. The molecule has 0 spiro atoms. The van der Waals surface area contributed by atoms with Gasteiger partial charge in [-0.25, -0.2) is 53.9 Å². The molecule has 26 heteroatoms. The van der Waals surface area contributed by atoms with Gasteiger partial charge in [-0.1, -0.05) is 97.9 Å². The summed E-state index contributed by atoms with van der Waals surface area (Å²) in [7, 11) is 0. The lowest BCUT2D eigenvalue weighted by Crippen LogP contribution is -2.41. The number of fused-ring (bicyclic) bond motifs is 2. The van der Waals surface area contributed by atoms with E-state index >= 15 is 0 Å². The zero-order valence-electron chi connectivity index (χ0n) is 47.2. The lowest BCUT2D eigenvalue weighted by molar-refractivity contribution is -0.0567. The Bertz CT molecular complexity index is 3830. The van der Waals surface area contributed by atoms with E-state index in [1.807, 2.05) is 19.1 Å². The highest BCUT2D eigenvalue weighted by molar-refractivity contribution is 5.92. The Morgan fingerprint density at radius 3 is 1.23 bits per heavy atom. The largest absolute Gasteiger partial charge is 0.459 e. The zero-order valence-corrected chi connectivity index (χ0v) is 47.2. The molecule has 7 N–H and O–H groups in total. The molecule has 12 rings (SSSR count). The molecule has 3 saturated heterocycles. The van der Waals surface area contributed by atoms with Crippen LogP contribution in [0.5, 0.6) is 0 Å². The van der Waals surface area contributed by atoms with Crippen molar-refractivity contribution in [3.63, 3.8) is 0 Å². The Hall–Kier alpha value is -10.1. The molecule has 9 aromatic rings. The first-order valence-corrected chi connectivity index (χ1v) is 27.7. The number of rotatable bonds is 15. The standard InChI is InChI=1S/C27H24O7.C25H23N5O5.C10H13N5O4/c1-18-23(33-26(29)20-13-7-3-8-14-20)24(34-27(30)21-15-9-4-10-16-21)22(32-18)17-31-25(28)19-11-5-2-6-12-19;1-15-20(35-25(32)17-10-6-3-7-11-17)18(12-33-24(31)16-8-4-2-5-9-16)34-23(15)30-14-29-19-21(26)27-13-28-22(19)30;11-8-5-9(13-2-12-8)15(3-14-5)10-7(18)6(17)4(1-16)19-10/h2-16,18,22-24H,17H2,1H3;2-11,13-15,18,20,23H,12H2,1H3,(H2,26,27,28);2-4,6-7,10,16-18H,1H2,(H2,11,12,13)/t18-,22+,23?,24-;15?,18-,20-,23-;4-,6+,7?,10-/m100/s1. The fourth-order valence-corrected chi connectivity index (χ4v) is 10.0. The van der Waals surface area contributed by atoms with Gasteiger partial charge in [0.05, 0.1) is 53.2 Å². The topological polar surface area (TPSA) is 359 Å². The zero-order chi connectivity index (χ0) is 61.8. The van der Waals surface area contributed by atoms with Crippen molar-refractivity contribution in [2.75, 3.05) is 31.3 Å². The number of carbonyl (C=O) groups excluding carboxylic acids is 5. The van der Waals surface area contributed by atoms with Crippen molar-refractivity contribution in [3.8, 4) is 0 Å². The van der Waals surface area contributed by atoms with Gasteiger partial charge in [-0.15, -0.1) is 0 Å². The lowest BCUT2D eigenvalue weighted by atomic mass is 10.0. The van der Waals surface area contributed by atoms with Crippen molar-refractivity contribution in [1.29, 1.82) is 0 Å². The van der Waals surface area contributed by atoms with E-state index in [1.54, 1.807) is 157 Å². The number of nitrogens with zero attached hydrogens (tertiary/aromatic N) is 8. The van der Waals surface area contributed by atoms with Crippen LogP contribution in [0.3, 0.4) is 0 Å². The van der Waals surface area contributed by atoms with Crippen LogP contribution in [0.1, 0.15) is 78.1 Å². The number of esters is 5. The van der Waals surface area contributed by atoms with Crippen LogP contribution in [0.25, 0.3) is 22.3 Å². The smallest absolute Gasteiger partial charge is 0.338 e. The molecule has 26 nitrogen and oxygen atoms in total. The third kappa shape index (κ3) is 13.8. The number of benzene rings is 5. The Labute approximate surface area is 501 Å². The maximum absolute atomic E-state index is 12.9. The fourth-order valence-electron chi connectivity index (χ4n) is 10.0. The van der Waals surface area contributed by atoms with Crippen LogP contribution in [-0.2, 0) is 37.9 Å². The summed E-state index contributed by atoms with van der Waals surface area (Å²) in [4.78, 5) is 87.7. The molecule has 4 aromatic heterocycles. The predicted octanol–water partition coefficient (Wildman–Crippen LogP) is 5.13. The normalized spacial score (nSPS) is 23.6. The molecular weight excluding hydrogens is 1140 g/mol. The van der Waals surface area contributed by atoms with Crippen LogP contribution in [0.2, 0.25) is 0 Å². The average molecular weight is 1200 g/mol. The van der Waals surface area contributed by atoms with E-state index in [-0.39, 0.29) is 30.8 Å². The van der Waals surface area contributed by atoms with Gasteiger partial charge in [-0.2, -0.15) is 0 Å². The summed E-state index contributed by atoms with van der Waals surface area (Å²) in [5, 5.41) is 28.7. The minimum atomic E-state index is -1.19. The van der Waals surface area contributed by atoms with Gasteiger partial charge in [0.25, 0.3) is 0 Å². The SMILES string of the molecule is CC1[C@H](OC(=O)c2ccccc2)[C@H](COC(=O)c2ccccc2)O[C@@H]1n1cnc2c(N)ncnc21.C[C@H]1O[C@@H](COC(=O)c2ccccc2)[C@@H](OC(=O)c2ccccc2)C1OC(=O)c1ccccc1.Nc1ncnc2c1ncn2[C@H]1O[C@@H](CO)[C@@H](O)C1O. The Kier molecular flexibility index (Phi) is 19.4. The minimum Gasteiger partial charge on any atom is -0.459 e. The number of nitrogens with two attached hydrogens (primary N) is 2. The molecule has 0 amide bonds. The summed E-state index contributed by atoms with van der Waals surface area (Å²) in [6.45, 7) is 2.93. The van der Waals surface area contributed by atoms with Crippen molar-refractivity contribution in [3.05, 3.63) is 205 Å². The number of aliphatic hydroxyl groups excluding tert-OH is 3. The second kappa shape index (κ2) is 28.0. The van der Waals surface area contributed by atoms with Gasteiger partial charge < -0.3 is 64.7 Å². The van der Waals surface area contributed by atoms with Crippen LogP contribution >= 0.6 is 0 Å². The maximum atomic E-state index is 12.9. The number of anilines is 2. The Balaban J connectivity index is 0.000000152. The van der Waals surface area contributed by atoms with Crippen molar-refractivity contribution in [2.24, 2.45) is 5.92 Å². The van der Waals surface area contributed by atoms with Crippen molar-refractivity contribution in [1.82, 2.24) is 39.0 Å². The van der Waals surface area contributed by atoms with E-state index in [2.05, 4.69) is 29.9 Å². The number of hydrogen-bond donors (Lipinski definition) is 5. The number of aromatic nitrogens is 8. The molecular formula is C62H60N10O16. The van der Waals surface area contributed by atoms with Crippen LogP contribution in [0.15, 0.2) is 177 Å². The number of ether oxygens (including phenoxy) is 8. The van der Waals surface area contributed by atoms with Crippen LogP contribution in [0.4, 0.5) is 11.6 Å². The molecule has 0 bridgehead atoms. The van der Waals surface area contributed by atoms with Crippen molar-refractivity contribution < 1.29 is 77.2 Å². The van der Waals surface area contributed by atoms with Gasteiger partial charge in [-0.05, 0) is 67.6 Å². The highest BCUT2D eigenvalue weighted by Gasteiger charge is 2.50. The third-order valence-corrected chi connectivity index (χ3v) is 14.6. The molecule has 5 aromatic carbocycles. The monoisotopic (exact) mass is 1200 g/mol. The van der Waals surface area contributed by atoms with Crippen molar-refractivity contribution in [2.45, 2.75) is 81.2 Å². The molecule has 3 aliphatic heterocycles. The quantitative estimate of drug-likeness (QED) is 0.0656.